The Morgan fingerprint density at radius 3 is 2.55 bits per heavy atom. The maximum absolute atomic E-state index is 12.5. The molecule has 0 aromatic carbocycles. The molecule has 1 amide bonds. The van der Waals surface area contributed by atoms with Gasteiger partial charge in [-0.2, -0.15) is 13.4 Å². The summed E-state index contributed by atoms with van der Waals surface area (Å²) in [5.74, 6) is -0.642. The maximum Gasteiger partial charge on any atom is 0.432 e. The quantitative estimate of drug-likeness (QED) is 0.823. The number of rotatable bonds is 2. The van der Waals surface area contributed by atoms with E-state index in [4.69, 9.17) is 10.1 Å². The zero-order valence-corrected chi connectivity index (χ0v) is 13.0. The van der Waals surface area contributed by atoms with Crippen LogP contribution in [0.25, 0.3) is 0 Å². The van der Waals surface area contributed by atoms with Gasteiger partial charge in [-0.15, -0.1) is 4.31 Å². The highest BCUT2D eigenvalue weighted by Crippen LogP contribution is 2.35. The Morgan fingerprint density at radius 1 is 1.50 bits per heavy atom. The average Bonchev–Trinajstić information content (AvgIpc) is 3.09. The van der Waals surface area contributed by atoms with Crippen molar-refractivity contribution in [2.75, 3.05) is 6.26 Å². The zero-order valence-electron chi connectivity index (χ0n) is 11.4. The van der Waals surface area contributed by atoms with Crippen LogP contribution in [0.15, 0.2) is 4.99 Å². The standard InChI is InChI=1S/C10H16N4O4S2/c1-6(2)18-10(15)14-8(11)12-9(19-3)13(7-4-5-7)20(14,16)17/h6-7,11H,4-5H2,1-3H3. The third-order valence-electron chi connectivity index (χ3n) is 2.63. The van der Waals surface area contributed by atoms with E-state index in [1.807, 2.05) is 0 Å². The number of amides is 1. The lowest BCUT2D eigenvalue weighted by atomic mass is 10.5. The Hall–Kier alpha value is -1.29. The smallest absolute Gasteiger partial charge is 0.432 e. The van der Waals surface area contributed by atoms with Gasteiger partial charge in [-0.25, -0.2) is 9.10 Å². The van der Waals surface area contributed by atoms with E-state index in [0.29, 0.717) is 4.31 Å². The number of nitrogens with one attached hydrogen (secondary N) is 1. The highest BCUT2D eigenvalue weighted by molar-refractivity contribution is 8.14. The third-order valence-corrected chi connectivity index (χ3v) is 5.15. The lowest BCUT2D eigenvalue weighted by molar-refractivity contribution is 0.106. The predicted molar refractivity (Wildman–Crippen MR) is 75.9 cm³/mol. The molecule has 0 spiro atoms. The van der Waals surface area contributed by atoms with Crippen LogP contribution >= 0.6 is 11.8 Å². The molecule has 1 aliphatic carbocycles. The van der Waals surface area contributed by atoms with E-state index in [1.54, 1.807) is 20.1 Å². The molecule has 20 heavy (non-hydrogen) atoms. The van der Waals surface area contributed by atoms with Gasteiger partial charge in [-0.1, -0.05) is 11.8 Å². The first-order valence-electron chi connectivity index (χ1n) is 6.05. The van der Waals surface area contributed by atoms with Gasteiger partial charge in [0.25, 0.3) is 0 Å². The molecule has 1 heterocycles. The average molecular weight is 320 g/mol. The maximum atomic E-state index is 12.5. The number of thioether (sulfide) groups is 1. The van der Waals surface area contributed by atoms with Crippen molar-refractivity contribution < 1.29 is 17.9 Å². The van der Waals surface area contributed by atoms with Gasteiger partial charge in [0.15, 0.2) is 5.17 Å². The molecule has 112 valence electrons. The number of hydrogen-bond acceptors (Lipinski definition) is 6. The van der Waals surface area contributed by atoms with E-state index in [2.05, 4.69) is 4.99 Å². The van der Waals surface area contributed by atoms with Crippen LogP contribution in [0.4, 0.5) is 4.79 Å². The van der Waals surface area contributed by atoms with Gasteiger partial charge in [0, 0.05) is 6.04 Å². The number of amidine groups is 1. The van der Waals surface area contributed by atoms with Gasteiger partial charge in [-0.05, 0) is 32.9 Å². The topological polar surface area (TPSA) is 103 Å². The van der Waals surface area contributed by atoms with E-state index >= 15 is 0 Å². The summed E-state index contributed by atoms with van der Waals surface area (Å²) in [6, 6.07) is -0.186. The van der Waals surface area contributed by atoms with Gasteiger partial charge in [-0.3, -0.25) is 5.41 Å². The van der Waals surface area contributed by atoms with Crippen molar-refractivity contribution in [3.8, 4) is 0 Å². The van der Waals surface area contributed by atoms with Crippen LogP contribution in [0.1, 0.15) is 26.7 Å². The van der Waals surface area contributed by atoms with Crippen molar-refractivity contribution >= 4 is 39.2 Å². The van der Waals surface area contributed by atoms with Crippen molar-refractivity contribution in [1.82, 2.24) is 8.61 Å². The number of guanidine groups is 1. The lowest BCUT2D eigenvalue weighted by Crippen LogP contribution is -2.55. The van der Waals surface area contributed by atoms with E-state index < -0.39 is 28.4 Å². The summed E-state index contributed by atoms with van der Waals surface area (Å²) in [7, 11) is -4.14. The van der Waals surface area contributed by atoms with Crippen molar-refractivity contribution in [2.45, 2.75) is 38.8 Å². The van der Waals surface area contributed by atoms with Crippen molar-refractivity contribution in [2.24, 2.45) is 4.99 Å². The summed E-state index contributed by atoms with van der Waals surface area (Å²) in [5, 5.41) is 7.89. The van der Waals surface area contributed by atoms with E-state index in [9.17, 15) is 13.2 Å². The van der Waals surface area contributed by atoms with Crippen LogP contribution in [-0.4, -0.2) is 52.7 Å². The summed E-state index contributed by atoms with van der Waals surface area (Å²) < 4.78 is 31.3. The molecule has 1 saturated carbocycles. The van der Waals surface area contributed by atoms with Gasteiger partial charge in [0.1, 0.15) is 0 Å². The molecule has 1 aliphatic heterocycles. The molecule has 1 N–H and O–H groups in total. The summed E-state index contributed by atoms with van der Waals surface area (Å²) in [5.41, 5.74) is 0. The number of ether oxygens (including phenoxy) is 1. The van der Waals surface area contributed by atoms with Crippen LogP contribution in [0.3, 0.4) is 0 Å². The van der Waals surface area contributed by atoms with Gasteiger partial charge in [0.05, 0.1) is 6.10 Å². The third kappa shape index (κ3) is 2.62. The fourth-order valence-corrected chi connectivity index (χ4v) is 4.21. The van der Waals surface area contributed by atoms with Crippen LogP contribution in [0.2, 0.25) is 0 Å². The Bertz CT molecular complexity index is 568. The summed E-state index contributed by atoms with van der Waals surface area (Å²) in [6.07, 6.45) is 1.54. The first kappa shape index (κ1) is 15.1. The molecule has 0 atom stereocenters. The van der Waals surface area contributed by atoms with Crippen LogP contribution in [0.5, 0.6) is 0 Å². The first-order chi connectivity index (χ1) is 9.28. The van der Waals surface area contributed by atoms with Crippen LogP contribution in [-0.2, 0) is 14.9 Å². The van der Waals surface area contributed by atoms with Gasteiger partial charge >= 0.3 is 16.3 Å². The molecule has 0 unspecified atom stereocenters. The zero-order chi connectivity index (χ0) is 15.1. The molecule has 0 radical (unpaired) electrons. The molecule has 0 aromatic heterocycles. The number of hydrogen-bond donors (Lipinski definition) is 1. The molecule has 1 fully saturated rings. The molecule has 2 rings (SSSR count). The molecule has 0 saturated heterocycles. The van der Waals surface area contributed by atoms with Crippen molar-refractivity contribution in [1.29, 1.82) is 5.41 Å². The number of carbonyl (C=O) groups is 1. The highest BCUT2D eigenvalue weighted by Gasteiger charge is 2.49. The minimum atomic E-state index is -4.14. The fraction of sp³-hybridized carbons (Fsp3) is 0.700. The summed E-state index contributed by atoms with van der Waals surface area (Å²) >= 11 is 1.13. The fourth-order valence-electron chi connectivity index (χ4n) is 1.70. The molecule has 10 heteroatoms. The largest absolute Gasteiger partial charge is 0.446 e. The van der Waals surface area contributed by atoms with Crippen LogP contribution in [0, 0.1) is 5.41 Å². The summed E-state index contributed by atoms with van der Waals surface area (Å²) in [6.45, 7) is 3.21. The van der Waals surface area contributed by atoms with E-state index in [0.717, 1.165) is 28.9 Å². The van der Waals surface area contributed by atoms with Crippen molar-refractivity contribution in [3.05, 3.63) is 0 Å². The minimum Gasteiger partial charge on any atom is -0.446 e. The van der Waals surface area contributed by atoms with Crippen molar-refractivity contribution in [3.63, 3.8) is 0 Å². The second-order valence-electron chi connectivity index (χ2n) is 4.65. The van der Waals surface area contributed by atoms with E-state index in [1.165, 1.54) is 0 Å². The van der Waals surface area contributed by atoms with Gasteiger partial charge < -0.3 is 4.74 Å². The lowest BCUT2D eigenvalue weighted by Gasteiger charge is -2.33. The molecule has 2 aliphatic rings. The predicted octanol–water partition coefficient (Wildman–Crippen LogP) is 1.21. The summed E-state index contributed by atoms with van der Waals surface area (Å²) in [4.78, 5) is 15.8. The Kier molecular flexibility index (Phi) is 3.96. The SMILES string of the molecule is CSC1=NC(=N)N(C(=O)OC(C)C)S(=O)(=O)N1C1CC1. The molecule has 0 bridgehead atoms. The molecular weight excluding hydrogens is 304 g/mol. The Morgan fingerprint density at radius 2 is 2.10 bits per heavy atom. The van der Waals surface area contributed by atoms with Gasteiger partial charge in [0.2, 0.25) is 5.96 Å². The number of carbonyl (C=O) groups excluding carboxylic acids is 1. The molecular formula is C10H16N4O4S2. The second kappa shape index (κ2) is 5.24. The second-order valence-corrected chi connectivity index (χ2v) is 7.08. The normalized spacial score (nSPS) is 22.0. The van der Waals surface area contributed by atoms with E-state index in [-0.39, 0.29) is 11.2 Å². The minimum absolute atomic E-state index is 0.186. The Balaban J connectivity index is 2.40. The van der Waals surface area contributed by atoms with Crippen LogP contribution < -0.4 is 0 Å². The monoisotopic (exact) mass is 320 g/mol. The molecule has 0 aromatic rings. The highest BCUT2D eigenvalue weighted by atomic mass is 32.2. The first-order valence-corrected chi connectivity index (χ1v) is 8.67. The molecule has 8 nitrogen and oxygen atoms in total. The number of nitrogens with zero attached hydrogens (tertiary/aromatic N) is 3. The number of aliphatic imine (C=N–C) groups is 1. The Labute approximate surface area is 121 Å².